The highest BCUT2D eigenvalue weighted by molar-refractivity contribution is 7.80. The molecule has 4 atom stereocenters. The molecule has 9 nitrogen and oxygen atoms in total. The molecule has 4 unspecified atom stereocenters. The Morgan fingerprint density at radius 1 is 1.08 bits per heavy atom. The van der Waals surface area contributed by atoms with E-state index in [1.54, 1.807) is 20.8 Å². The van der Waals surface area contributed by atoms with Gasteiger partial charge in [0.1, 0.15) is 12.1 Å². The van der Waals surface area contributed by atoms with Gasteiger partial charge in [0.2, 0.25) is 17.7 Å². The molecular formula is C16H30N4O5S. The van der Waals surface area contributed by atoms with Crippen LogP contribution < -0.4 is 21.7 Å². The average molecular weight is 391 g/mol. The summed E-state index contributed by atoms with van der Waals surface area (Å²) in [6.07, 6.45) is 0.585. The number of carboxylic acid groups (broad SMARTS) is 1. The lowest BCUT2D eigenvalue weighted by molar-refractivity contribution is -0.141. The van der Waals surface area contributed by atoms with Crippen LogP contribution in [-0.2, 0) is 19.2 Å². The van der Waals surface area contributed by atoms with Crippen LogP contribution in [0.2, 0.25) is 0 Å². The van der Waals surface area contributed by atoms with E-state index in [2.05, 4.69) is 28.6 Å². The summed E-state index contributed by atoms with van der Waals surface area (Å²) < 4.78 is 0. The van der Waals surface area contributed by atoms with Crippen LogP contribution in [0.4, 0.5) is 0 Å². The molecule has 0 rings (SSSR count). The number of thiol groups is 1. The zero-order valence-electron chi connectivity index (χ0n) is 15.6. The summed E-state index contributed by atoms with van der Waals surface area (Å²) in [5.41, 5.74) is 5.69. The Hall–Kier alpha value is -1.81. The van der Waals surface area contributed by atoms with Crippen molar-refractivity contribution < 1.29 is 24.3 Å². The normalized spacial score (nSPS) is 15.5. The maximum Gasteiger partial charge on any atom is 0.327 e. The standard InChI is InChI=1S/C16H30N4O5S/c1-5-9(4)13(15(23)19-10(7-26)16(24)25)20-11(21)6-18-14(22)12(17)8(2)3/h8-10,12-13,26H,5-7,17H2,1-4H3,(H,18,22)(H,19,23)(H,20,21)(H,24,25). The van der Waals surface area contributed by atoms with E-state index in [0.717, 1.165) is 0 Å². The van der Waals surface area contributed by atoms with Crippen molar-refractivity contribution in [2.45, 2.75) is 52.2 Å². The SMILES string of the molecule is CCC(C)C(NC(=O)CNC(=O)C(N)C(C)C)C(=O)NC(CS)C(=O)O. The highest BCUT2D eigenvalue weighted by atomic mass is 32.1. The lowest BCUT2D eigenvalue weighted by atomic mass is 9.98. The largest absolute Gasteiger partial charge is 0.480 e. The van der Waals surface area contributed by atoms with Crippen molar-refractivity contribution in [1.29, 1.82) is 0 Å². The van der Waals surface area contributed by atoms with E-state index >= 15 is 0 Å². The van der Waals surface area contributed by atoms with E-state index in [9.17, 15) is 19.2 Å². The van der Waals surface area contributed by atoms with Gasteiger partial charge in [-0.3, -0.25) is 14.4 Å². The molecule has 0 aromatic rings. The van der Waals surface area contributed by atoms with Crippen LogP contribution in [0, 0.1) is 11.8 Å². The fourth-order valence-electron chi connectivity index (χ4n) is 1.96. The fourth-order valence-corrected chi connectivity index (χ4v) is 2.21. The molecule has 6 N–H and O–H groups in total. The Bertz CT molecular complexity index is 515. The van der Waals surface area contributed by atoms with Crippen molar-refractivity contribution in [3.05, 3.63) is 0 Å². The number of carbonyl (C=O) groups excluding carboxylic acids is 3. The van der Waals surface area contributed by atoms with E-state index in [0.29, 0.717) is 6.42 Å². The minimum Gasteiger partial charge on any atom is -0.480 e. The molecule has 10 heteroatoms. The van der Waals surface area contributed by atoms with Crippen molar-refractivity contribution in [3.63, 3.8) is 0 Å². The molecule has 0 aromatic carbocycles. The van der Waals surface area contributed by atoms with E-state index in [1.165, 1.54) is 0 Å². The number of hydrogen-bond donors (Lipinski definition) is 6. The molecule has 0 aliphatic carbocycles. The Balaban J connectivity index is 4.85. The average Bonchev–Trinajstić information content (AvgIpc) is 2.59. The molecule has 0 bridgehead atoms. The third kappa shape index (κ3) is 8.05. The number of nitrogens with two attached hydrogens (primary N) is 1. The Morgan fingerprint density at radius 3 is 2.08 bits per heavy atom. The van der Waals surface area contributed by atoms with Crippen molar-refractivity contribution >= 4 is 36.3 Å². The summed E-state index contributed by atoms with van der Waals surface area (Å²) in [6, 6.07) is -2.81. The van der Waals surface area contributed by atoms with Gasteiger partial charge in [0.05, 0.1) is 12.6 Å². The van der Waals surface area contributed by atoms with Gasteiger partial charge in [-0.1, -0.05) is 34.1 Å². The molecule has 150 valence electrons. The molecule has 0 radical (unpaired) electrons. The smallest absolute Gasteiger partial charge is 0.327 e. The number of carboxylic acids is 1. The van der Waals surface area contributed by atoms with Crippen molar-refractivity contribution in [2.75, 3.05) is 12.3 Å². The molecule has 0 saturated carbocycles. The topological polar surface area (TPSA) is 151 Å². The first-order valence-electron chi connectivity index (χ1n) is 8.51. The van der Waals surface area contributed by atoms with Gasteiger partial charge in [0.15, 0.2) is 0 Å². The third-order valence-corrected chi connectivity index (χ3v) is 4.42. The summed E-state index contributed by atoms with van der Waals surface area (Å²) in [7, 11) is 0. The van der Waals surface area contributed by atoms with Gasteiger partial charge in [0, 0.05) is 5.75 Å². The second-order valence-electron chi connectivity index (χ2n) is 6.50. The number of aliphatic carboxylic acids is 1. The van der Waals surface area contributed by atoms with Gasteiger partial charge in [0.25, 0.3) is 0 Å². The molecule has 3 amide bonds. The molecule has 26 heavy (non-hydrogen) atoms. The van der Waals surface area contributed by atoms with E-state index in [4.69, 9.17) is 10.8 Å². The Morgan fingerprint density at radius 2 is 1.65 bits per heavy atom. The lowest BCUT2D eigenvalue weighted by Gasteiger charge is -2.25. The Labute approximate surface area is 159 Å². The highest BCUT2D eigenvalue weighted by Gasteiger charge is 2.29. The van der Waals surface area contributed by atoms with Gasteiger partial charge in [-0.2, -0.15) is 12.6 Å². The van der Waals surface area contributed by atoms with E-state index in [-0.39, 0.29) is 24.1 Å². The van der Waals surface area contributed by atoms with Gasteiger partial charge < -0.3 is 26.8 Å². The van der Waals surface area contributed by atoms with Crippen LogP contribution in [0.3, 0.4) is 0 Å². The van der Waals surface area contributed by atoms with Crippen molar-refractivity contribution in [1.82, 2.24) is 16.0 Å². The first-order chi connectivity index (χ1) is 12.0. The number of hydrogen-bond acceptors (Lipinski definition) is 6. The van der Waals surface area contributed by atoms with Gasteiger partial charge in [-0.25, -0.2) is 4.79 Å². The fraction of sp³-hybridized carbons (Fsp3) is 0.750. The molecule has 0 aliphatic heterocycles. The molecule has 0 spiro atoms. The first-order valence-corrected chi connectivity index (χ1v) is 9.14. The Kier molecular flexibility index (Phi) is 10.9. The lowest BCUT2D eigenvalue weighted by Crippen LogP contribution is -2.56. The van der Waals surface area contributed by atoms with Crippen LogP contribution >= 0.6 is 12.6 Å². The molecule has 0 aromatic heterocycles. The monoisotopic (exact) mass is 390 g/mol. The summed E-state index contributed by atoms with van der Waals surface area (Å²) in [5, 5.41) is 16.3. The van der Waals surface area contributed by atoms with Crippen molar-refractivity contribution in [2.24, 2.45) is 17.6 Å². The van der Waals surface area contributed by atoms with Gasteiger partial charge in [-0.15, -0.1) is 0 Å². The zero-order chi connectivity index (χ0) is 20.4. The van der Waals surface area contributed by atoms with Crippen LogP contribution in [-0.4, -0.2) is 59.2 Å². The molecule has 0 saturated heterocycles. The minimum atomic E-state index is -1.21. The predicted octanol–water partition coefficient (Wildman–Crippen LogP) is -0.884. The zero-order valence-corrected chi connectivity index (χ0v) is 16.5. The number of carbonyl (C=O) groups is 4. The molecule has 0 aliphatic rings. The molecule has 0 heterocycles. The van der Waals surface area contributed by atoms with Crippen LogP contribution in [0.15, 0.2) is 0 Å². The highest BCUT2D eigenvalue weighted by Crippen LogP contribution is 2.08. The van der Waals surface area contributed by atoms with E-state index < -0.39 is 41.8 Å². The second-order valence-corrected chi connectivity index (χ2v) is 6.87. The number of nitrogens with one attached hydrogen (secondary N) is 3. The second kappa shape index (κ2) is 11.7. The van der Waals surface area contributed by atoms with E-state index in [1.807, 2.05) is 6.92 Å². The predicted molar refractivity (Wildman–Crippen MR) is 101 cm³/mol. The van der Waals surface area contributed by atoms with Crippen LogP contribution in [0.25, 0.3) is 0 Å². The number of rotatable bonds is 11. The third-order valence-electron chi connectivity index (χ3n) is 4.05. The summed E-state index contributed by atoms with van der Waals surface area (Å²) in [6.45, 7) is 6.85. The van der Waals surface area contributed by atoms with Crippen LogP contribution in [0.1, 0.15) is 34.1 Å². The van der Waals surface area contributed by atoms with Gasteiger partial charge >= 0.3 is 5.97 Å². The molecule has 0 fully saturated rings. The maximum absolute atomic E-state index is 12.4. The quantitative estimate of drug-likeness (QED) is 0.252. The molecular weight excluding hydrogens is 360 g/mol. The van der Waals surface area contributed by atoms with Gasteiger partial charge in [-0.05, 0) is 11.8 Å². The maximum atomic E-state index is 12.4. The number of amides is 3. The van der Waals surface area contributed by atoms with Crippen LogP contribution in [0.5, 0.6) is 0 Å². The summed E-state index contributed by atoms with van der Waals surface area (Å²) >= 11 is 3.89. The van der Waals surface area contributed by atoms with Crippen molar-refractivity contribution in [3.8, 4) is 0 Å². The minimum absolute atomic E-state index is 0.0779. The summed E-state index contributed by atoms with van der Waals surface area (Å²) in [5.74, 6) is -3.23. The summed E-state index contributed by atoms with van der Waals surface area (Å²) in [4.78, 5) is 47.3. The first kappa shape index (κ1) is 24.2.